The zero-order valence-electron chi connectivity index (χ0n) is 12.5. The number of aromatic nitrogens is 1. The highest BCUT2D eigenvalue weighted by atomic mass is 35.5. The van der Waals surface area contributed by atoms with Gasteiger partial charge in [-0.25, -0.2) is 0 Å². The van der Waals surface area contributed by atoms with Gasteiger partial charge in [0.25, 0.3) is 0 Å². The van der Waals surface area contributed by atoms with Crippen LogP contribution in [0.15, 0.2) is 54.9 Å². The fourth-order valence-electron chi connectivity index (χ4n) is 2.27. The molecule has 3 aromatic rings. The van der Waals surface area contributed by atoms with Gasteiger partial charge in [0.15, 0.2) is 0 Å². The Morgan fingerprint density at radius 2 is 2.13 bits per heavy atom. The number of nitrogens with one attached hydrogen (secondary N) is 1. The van der Waals surface area contributed by atoms with Gasteiger partial charge in [0.1, 0.15) is 0 Å². The Kier molecular flexibility index (Phi) is 4.74. The molecule has 1 amide bonds. The summed E-state index contributed by atoms with van der Waals surface area (Å²) < 4.78 is 1.11. The van der Waals surface area contributed by atoms with E-state index in [2.05, 4.69) is 10.3 Å². The van der Waals surface area contributed by atoms with E-state index in [0.717, 1.165) is 20.5 Å². The van der Waals surface area contributed by atoms with Crippen LogP contribution in [0, 0.1) is 0 Å². The largest absolute Gasteiger partial charge is 0.346 e. The van der Waals surface area contributed by atoms with E-state index in [-0.39, 0.29) is 11.9 Å². The summed E-state index contributed by atoms with van der Waals surface area (Å²) in [5, 5.41) is 4.62. The van der Waals surface area contributed by atoms with Gasteiger partial charge in [0, 0.05) is 33.4 Å². The molecular weight excluding hydrogens is 328 g/mol. The van der Waals surface area contributed by atoms with Gasteiger partial charge >= 0.3 is 0 Å². The van der Waals surface area contributed by atoms with E-state index in [1.165, 1.54) is 6.08 Å². The standard InChI is InChI=1S/C18H15ClN2OS/c1-12(13-5-4-10-20-11-13)21-17(22)9-8-16-18(19)14-6-2-3-7-15(14)23-16/h2-12H,1H3,(H,21,22)/b9-8+. The number of hydrogen-bond acceptors (Lipinski definition) is 3. The molecule has 2 heterocycles. The Labute approximate surface area is 143 Å². The lowest BCUT2D eigenvalue weighted by molar-refractivity contribution is -0.117. The van der Waals surface area contributed by atoms with Crippen LogP contribution in [0.5, 0.6) is 0 Å². The van der Waals surface area contributed by atoms with E-state index < -0.39 is 0 Å². The lowest BCUT2D eigenvalue weighted by Gasteiger charge is -2.11. The van der Waals surface area contributed by atoms with Gasteiger partial charge < -0.3 is 5.32 Å². The topological polar surface area (TPSA) is 42.0 Å². The minimum Gasteiger partial charge on any atom is -0.346 e. The second-order valence-electron chi connectivity index (χ2n) is 5.13. The van der Waals surface area contributed by atoms with E-state index in [0.29, 0.717) is 5.02 Å². The van der Waals surface area contributed by atoms with Crippen LogP contribution in [0.25, 0.3) is 16.2 Å². The van der Waals surface area contributed by atoms with Crippen molar-refractivity contribution < 1.29 is 4.79 Å². The van der Waals surface area contributed by atoms with E-state index in [1.54, 1.807) is 29.8 Å². The monoisotopic (exact) mass is 342 g/mol. The lowest BCUT2D eigenvalue weighted by Crippen LogP contribution is -2.24. The van der Waals surface area contributed by atoms with Crippen molar-refractivity contribution in [2.24, 2.45) is 0 Å². The van der Waals surface area contributed by atoms with Crippen molar-refractivity contribution in [1.29, 1.82) is 0 Å². The predicted molar refractivity (Wildman–Crippen MR) is 96.7 cm³/mol. The minimum absolute atomic E-state index is 0.0984. The minimum atomic E-state index is -0.158. The van der Waals surface area contributed by atoms with Crippen LogP contribution in [-0.4, -0.2) is 10.9 Å². The fourth-order valence-corrected chi connectivity index (χ4v) is 3.67. The summed E-state index contributed by atoms with van der Waals surface area (Å²) in [6, 6.07) is 11.6. The highest BCUT2D eigenvalue weighted by Gasteiger charge is 2.09. The van der Waals surface area contributed by atoms with Crippen LogP contribution in [0.4, 0.5) is 0 Å². The molecule has 0 bridgehead atoms. The van der Waals surface area contributed by atoms with Gasteiger partial charge in [-0.1, -0.05) is 35.9 Å². The first-order valence-electron chi connectivity index (χ1n) is 7.20. The third-order valence-corrected chi connectivity index (χ3v) is 5.14. The first kappa shape index (κ1) is 15.7. The third-order valence-electron chi connectivity index (χ3n) is 3.49. The highest BCUT2D eigenvalue weighted by Crippen LogP contribution is 2.35. The number of pyridine rings is 1. The summed E-state index contributed by atoms with van der Waals surface area (Å²) in [7, 11) is 0. The summed E-state index contributed by atoms with van der Waals surface area (Å²) in [6.07, 6.45) is 6.74. The number of carbonyl (C=O) groups is 1. The van der Waals surface area contributed by atoms with Crippen molar-refractivity contribution >= 4 is 45.0 Å². The Morgan fingerprint density at radius 3 is 2.87 bits per heavy atom. The number of halogens is 1. The molecule has 1 atom stereocenters. The Balaban J connectivity index is 1.71. The molecule has 0 radical (unpaired) electrons. The second-order valence-corrected chi connectivity index (χ2v) is 6.59. The normalized spacial score (nSPS) is 12.6. The molecule has 0 saturated heterocycles. The van der Waals surface area contributed by atoms with Gasteiger partial charge in [-0.05, 0) is 30.7 Å². The summed E-state index contributed by atoms with van der Waals surface area (Å²) >= 11 is 7.93. The van der Waals surface area contributed by atoms with Crippen molar-refractivity contribution in [2.45, 2.75) is 13.0 Å². The first-order valence-corrected chi connectivity index (χ1v) is 8.40. The van der Waals surface area contributed by atoms with E-state index in [4.69, 9.17) is 11.6 Å². The van der Waals surface area contributed by atoms with Crippen LogP contribution in [-0.2, 0) is 4.79 Å². The predicted octanol–water partition coefficient (Wildman–Crippen LogP) is 4.84. The molecule has 1 N–H and O–H groups in total. The molecule has 0 aliphatic carbocycles. The number of thiophene rings is 1. The maximum Gasteiger partial charge on any atom is 0.244 e. The lowest BCUT2D eigenvalue weighted by atomic mass is 10.1. The van der Waals surface area contributed by atoms with Crippen molar-refractivity contribution in [3.8, 4) is 0 Å². The zero-order chi connectivity index (χ0) is 16.2. The van der Waals surface area contributed by atoms with Crippen LogP contribution in [0.2, 0.25) is 5.02 Å². The number of fused-ring (bicyclic) bond motifs is 1. The smallest absolute Gasteiger partial charge is 0.244 e. The number of carbonyl (C=O) groups excluding carboxylic acids is 1. The average molecular weight is 343 g/mol. The van der Waals surface area contributed by atoms with Gasteiger partial charge in [-0.3, -0.25) is 9.78 Å². The van der Waals surface area contributed by atoms with Crippen LogP contribution >= 0.6 is 22.9 Å². The zero-order valence-corrected chi connectivity index (χ0v) is 14.1. The molecule has 3 rings (SSSR count). The molecule has 1 aromatic carbocycles. The van der Waals surface area contributed by atoms with E-state index in [9.17, 15) is 4.79 Å². The van der Waals surface area contributed by atoms with Crippen LogP contribution in [0.1, 0.15) is 23.4 Å². The van der Waals surface area contributed by atoms with Gasteiger partial charge in [-0.2, -0.15) is 0 Å². The molecule has 0 spiro atoms. The second kappa shape index (κ2) is 6.94. The highest BCUT2D eigenvalue weighted by molar-refractivity contribution is 7.20. The summed E-state index contributed by atoms with van der Waals surface area (Å²) in [5.74, 6) is -0.158. The molecule has 2 aromatic heterocycles. The maximum atomic E-state index is 12.1. The molecule has 116 valence electrons. The quantitative estimate of drug-likeness (QED) is 0.689. The molecule has 1 unspecified atom stereocenters. The van der Waals surface area contributed by atoms with Crippen molar-refractivity contribution in [3.05, 3.63) is 70.3 Å². The number of benzene rings is 1. The molecular formula is C18H15ClN2OS. The van der Waals surface area contributed by atoms with E-state index >= 15 is 0 Å². The van der Waals surface area contributed by atoms with Crippen molar-refractivity contribution in [1.82, 2.24) is 10.3 Å². The first-order chi connectivity index (χ1) is 11.1. The molecule has 23 heavy (non-hydrogen) atoms. The van der Waals surface area contributed by atoms with Crippen molar-refractivity contribution in [3.63, 3.8) is 0 Å². The average Bonchev–Trinajstić information content (AvgIpc) is 2.90. The number of amides is 1. The maximum absolute atomic E-state index is 12.1. The van der Waals surface area contributed by atoms with E-state index in [1.807, 2.05) is 43.3 Å². The molecule has 0 saturated carbocycles. The number of hydrogen-bond donors (Lipinski definition) is 1. The summed E-state index contributed by atoms with van der Waals surface area (Å²) in [6.45, 7) is 1.93. The summed E-state index contributed by atoms with van der Waals surface area (Å²) in [5.41, 5.74) is 0.967. The van der Waals surface area contributed by atoms with Crippen molar-refractivity contribution in [2.75, 3.05) is 0 Å². The Hall–Kier alpha value is -2.17. The van der Waals surface area contributed by atoms with Crippen LogP contribution < -0.4 is 5.32 Å². The van der Waals surface area contributed by atoms with Gasteiger partial charge in [0.2, 0.25) is 5.91 Å². The number of nitrogens with zero attached hydrogens (tertiary/aromatic N) is 1. The molecule has 0 fully saturated rings. The third kappa shape index (κ3) is 3.60. The number of rotatable bonds is 4. The van der Waals surface area contributed by atoms with Gasteiger partial charge in [-0.15, -0.1) is 11.3 Å². The fraction of sp³-hybridized carbons (Fsp3) is 0.111. The summed E-state index contributed by atoms with van der Waals surface area (Å²) in [4.78, 5) is 17.0. The Morgan fingerprint density at radius 1 is 1.30 bits per heavy atom. The van der Waals surface area contributed by atoms with Gasteiger partial charge in [0.05, 0.1) is 11.1 Å². The molecule has 3 nitrogen and oxygen atoms in total. The molecule has 0 aliphatic heterocycles. The SMILES string of the molecule is CC(NC(=O)/C=C/c1sc2ccccc2c1Cl)c1cccnc1. The molecule has 0 aliphatic rings. The molecule has 5 heteroatoms. The van der Waals surface area contributed by atoms with Crippen LogP contribution in [0.3, 0.4) is 0 Å². The Bertz CT molecular complexity index is 858.